The topological polar surface area (TPSA) is 95.3 Å². The molecular weight excluding hydrogens is 544 g/mol. The number of methoxy groups -OCH3 is 1. The van der Waals surface area contributed by atoms with Crippen LogP contribution in [0.25, 0.3) is 16.6 Å². The van der Waals surface area contributed by atoms with Crippen LogP contribution in [0.2, 0.25) is 0 Å². The molecule has 1 aliphatic rings. The zero-order chi connectivity index (χ0) is 28.3. The predicted molar refractivity (Wildman–Crippen MR) is 156 cm³/mol. The molecule has 206 valence electrons. The number of hydrogen-bond acceptors (Lipinski definition) is 6. The zero-order valence-electron chi connectivity index (χ0n) is 22.4. The first-order valence-corrected chi connectivity index (χ1v) is 16.3. The summed E-state index contributed by atoms with van der Waals surface area (Å²) in [6.45, 7) is 0.268. The van der Waals surface area contributed by atoms with Crippen molar-refractivity contribution in [3.05, 3.63) is 95.8 Å². The number of fused-ring (bicyclic) bond motifs is 1. The van der Waals surface area contributed by atoms with Crippen LogP contribution in [0.3, 0.4) is 0 Å². The van der Waals surface area contributed by atoms with Crippen molar-refractivity contribution in [1.29, 1.82) is 0 Å². The number of allylic oxidation sites excluding steroid dienone is 1. The van der Waals surface area contributed by atoms with Crippen molar-refractivity contribution in [1.82, 2.24) is 8.96 Å². The number of hydrogen-bond donors (Lipinski definition) is 0. The van der Waals surface area contributed by atoms with Gasteiger partial charge in [-0.15, -0.1) is 0 Å². The van der Waals surface area contributed by atoms with E-state index in [2.05, 4.69) is 22.9 Å². The van der Waals surface area contributed by atoms with Gasteiger partial charge in [0, 0.05) is 36.1 Å². The van der Waals surface area contributed by atoms with Crippen LogP contribution in [0.4, 0.5) is 0 Å². The standard InChI is InChI=1S/C31H30N2O5S2/c1-38-18-8-11-24-19-26-21-30(33(31(26)32-22-24)40(36,37)28-12-4-3-5-13-28)29(20-23-9-6-7-10-23)25-14-16-27(17-15-25)39(2,34)35/h3-5,12-17,19-23H,6-7,9-10,18H2,1-2H3. The van der Waals surface area contributed by atoms with Crippen LogP contribution in [0.15, 0.2) is 88.8 Å². The minimum atomic E-state index is -4.04. The summed E-state index contributed by atoms with van der Waals surface area (Å²) in [5, 5.41) is 0.629. The Morgan fingerprint density at radius 3 is 2.35 bits per heavy atom. The second kappa shape index (κ2) is 11.4. The summed E-state index contributed by atoms with van der Waals surface area (Å²) >= 11 is 0. The summed E-state index contributed by atoms with van der Waals surface area (Å²) in [6.07, 6.45) is 9.10. The van der Waals surface area contributed by atoms with Crippen molar-refractivity contribution in [3.63, 3.8) is 0 Å². The fraction of sp³-hybridized carbons (Fsp3) is 0.258. The van der Waals surface area contributed by atoms with Gasteiger partial charge in [0.1, 0.15) is 6.61 Å². The minimum Gasteiger partial charge on any atom is -0.372 e. The minimum absolute atomic E-state index is 0.146. The molecule has 5 rings (SSSR count). The maximum Gasteiger partial charge on any atom is 0.269 e. The Morgan fingerprint density at radius 1 is 1.00 bits per heavy atom. The Kier molecular flexibility index (Phi) is 7.95. The molecule has 0 radical (unpaired) electrons. The second-order valence-corrected chi connectivity index (χ2v) is 13.7. The molecule has 0 unspecified atom stereocenters. The van der Waals surface area contributed by atoms with E-state index >= 15 is 0 Å². The molecular formula is C31H30N2O5S2. The normalized spacial score (nSPS) is 14.8. The van der Waals surface area contributed by atoms with Crippen molar-refractivity contribution < 1.29 is 21.6 Å². The predicted octanol–water partition coefficient (Wildman–Crippen LogP) is 5.30. The van der Waals surface area contributed by atoms with Crippen LogP contribution in [0, 0.1) is 17.8 Å². The molecule has 2 heterocycles. The van der Waals surface area contributed by atoms with E-state index in [1.807, 2.05) is 12.1 Å². The molecule has 0 spiro atoms. The molecule has 0 atom stereocenters. The molecule has 4 aromatic rings. The monoisotopic (exact) mass is 574 g/mol. The van der Waals surface area contributed by atoms with Crippen LogP contribution in [0.1, 0.15) is 42.5 Å². The molecule has 0 N–H and O–H groups in total. The van der Waals surface area contributed by atoms with E-state index in [1.165, 1.54) is 10.2 Å². The lowest BCUT2D eigenvalue weighted by Crippen LogP contribution is -2.16. The second-order valence-electron chi connectivity index (χ2n) is 9.91. The summed E-state index contributed by atoms with van der Waals surface area (Å²) in [4.78, 5) is 4.91. The van der Waals surface area contributed by atoms with E-state index in [9.17, 15) is 16.8 Å². The lowest BCUT2D eigenvalue weighted by atomic mass is 9.96. The number of rotatable bonds is 7. The Balaban J connectivity index is 1.78. The summed E-state index contributed by atoms with van der Waals surface area (Å²) in [6, 6.07) is 18.5. The Morgan fingerprint density at radius 2 is 1.70 bits per heavy atom. The fourth-order valence-electron chi connectivity index (χ4n) is 5.05. The molecule has 1 saturated carbocycles. The molecule has 0 saturated heterocycles. The molecule has 2 aromatic heterocycles. The zero-order valence-corrected chi connectivity index (χ0v) is 24.0. The van der Waals surface area contributed by atoms with Crippen molar-refractivity contribution in [3.8, 4) is 11.8 Å². The molecule has 0 amide bonds. The van der Waals surface area contributed by atoms with Gasteiger partial charge in [-0.2, -0.15) is 0 Å². The highest BCUT2D eigenvalue weighted by Crippen LogP contribution is 2.36. The molecule has 9 heteroatoms. The molecule has 7 nitrogen and oxygen atoms in total. The molecule has 1 fully saturated rings. The van der Waals surface area contributed by atoms with E-state index in [0.29, 0.717) is 22.3 Å². The van der Waals surface area contributed by atoms with E-state index in [0.717, 1.165) is 36.8 Å². The van der Waals surface area contributed by atoms with Gasteiger partial charge in [0.25, 0.3) is 10.0 Å². The fourth-order valence-corrected chi connectivity index (χ4v) is 7.18. The van der Waals surface area contributed by atoms with Crippen LogP contribution >= 0.6 is 0 Å². The lowest BCUT2D eigenvalue weighted by Gasteiger charge is -2.16. The van der Waals surface area contributed by atoms with Gasteiger partial charge in [0.2, 0.25) is 0 Å². The van der Waals surface area contributed by atoms with Crippen LogP contribution in [0.5, 0.6) is 0 Å². The lowest BCUT2D eigenvalue weighted by molar-refractivity contribution is 0.240. The smallest absolute Gasteiger partial charge is 0.269 e. The summed E-state index contributed by atoms with van der Waals surface area (Å²) in [5.74, 6) is 6.20. The maximum absolute atomic E-state index is 14.2. The first-order chi connectivity index (χ1) is 19.2. The highest BCUT2D eigenvalue weighted by atomic mass is 32.2. The third kappa shape index (κ3) is 5.75. The van der Waals surface area contributed by atoms with Gasteiger partial charge in [-0.3, -0.25) is 0 Å². The van der Waals surface area contributed by atoms with Gasteiger partial charge in [-0.05, 0) is 60.7 Å². The van der Waals surface area contributed by atoms with Crippen molar-refractivity contribution in [2.45, 2.75) is 35.5 Å². The summed E-state index contributed by atoms with van der Waals surface area (Å²) in [5.41, 5.74) is 2.85. The van der Waals surface area contributed by atoms with Gasteiger partial charge in [-0.25, -0.2) is 25.8 Å². The number of ether oxygens (including phenoxy) is 1. The van der Waals surface area contributed by atoms with Gasteiger partial charge < -0.3 is 4.74 Å². The molecule has 2 aromatic carbocycles. The first-order valence-electron chi connectivity index (χ1n) is 13.0. The Labute approximate surface area is 235 Å². The molecule has 40 heavy (non-hydrogen) atoms. The van der Waals surface area contributed by atoms with Gasteiger partial charge in [-0.1, -0.05) is 61.1 Å². The largest absolute Gasteiger partial charge is 0.372 e. The van der Waals surface area contributed by atoms with Crippen molar-refractivity contribution >= 4 is 36.5 Å². The number of aromatic nitrogens is 2. The van der Waals surface area contributed by atoms with Crippen molar-refractivity contribution in [2.24, 2.45) is 5.92 Å². The van der Waals surface area contributed by atoms with Crippen LogP contribution in [-0.2, 0) is 24.6 Å². The SMILES string of the molecule is COCC#Cc1cnc2c(c1)cc(C(=CC1CCCC1)c1ccc(S(C)(=O)=O)cc1)n2S(=O)(=O)c1ccccc1. The van der Waals surface area contributed by atoms with Crippen LogP contribution in [-0.4, -0.2) is 45.8 Å². The van der Waals surface area contributed by atoms with Gasteiger partial charge >= 0.3 is 0 Å². The van der Waals surface area contributed by atoms with E-state index in [-0.39, 0.29) is 22.3 Å². The molecule has 0 bridgehead atoms. The highest BCUT2D eigenvalue weighted by Gasteiger charge is 2.27. The number of sulfone groups is 1. The quantitative estimate of drug-likeness (QED) is 0.278. The Bertz CT molecular complexity index is 1840. The van der Waals surface area contributed by atoms with E-state index in [4.69, 9.17) is 4.74 Å². The van der Waals surface area contributed by atoms with Crippen molar-refractivity contribution in [2.75, 3.05) is 20.0 Å². The van der Waals surface area contributed by atoms with Gasteiger partial charge in [0.05, 0.1) is 15.5 Å². The van der Waals surface area contributed by atoms with Gasteiger partial charge in [0.15, 0.2) is 15.5 Å². The number of pyridine rings is 1. The molecule has 1 aliphatic carbocycles. The third-order valence-electron chi connectivity index (χ3n) is 7.00. The van der Waals surface area contributed by atoms with E-state index < -0.39 is 19.9 Å². The summed E-state index contributed by atoms with van der Waals surface area (Å²) < 4.78 is 58.9. The highest BCUT2D eigenvalue weighted by molar-refractivity contribution is 7.90. The molecule has 0 aliphatic heterocycles. The third-order valence-corrected chi connectivity index (χ3v) is 9.85. The average molecular weight is 575 g/mol. The van der Waals surface area contributed by atoms with E-state index in [1.54, 1.807) is 67.9 Å². The average Bonchev–Trinajstić information content (AvgIpc) is 3.60. The Hall–Kier alpha value is -3.71. The van der Waals surface area contributed by atoms with Crippen LogP contribution < -0.4 is 0 Å². The maximum atomic E-state index is 14.2. The number of benzene rings is 2. The number of nitrogens with zero attached hydrogens (tertiary/aromatic N) is 2. The summed E-state index contributed by atoms with van der Waals surface area (Å²) in [7, 11) is -5.86. The first kappa shape index (κ1) is 27.8.